The average molecular weight is 620 g/mol. The van der Waals surface area contributed by atoms with Crippen LogP contribution < -0.4 is 14.4 Å². The van der Waals surface area contributed by atoms with Crippen LogP contribution in [0.3, 0.4) is 0 Å². The van der Waals surface area contributed by atoms with Crippen LogP contribution in [-0.2, 0) is 23.6 Å². The first-order chi connectivity index (χ1) is 21.3. The predicted molar refractivity (Wildman–Crippen MR) is 160 cm³/mol. The third-order valence-electron chi connectivity index (χ3n) is 9.42. The molecular formula is C32H31ClFN5O5. The summed E-state index contributed by atoms with van der Waals surface area (Å²) >= 11 is 6.06. The van der Waals surface area contributed by atoms with E-state index in [1.54, 1.807) is 12.3 Å². The quantitative estimate of drug-likeness (QED) is 0.299. The van der Waals surface area contributed by atoms with Crippen LogP contribution in [0.5, 0.6) is 11.5 Å². The Labute approximate surface area is 257 Å². The lowest BCUT2D eigenvalue weighted by molar-refractivity contribution is -0.0717. The third-order valence-corrected chi connectivity index (χ3v) is 9.64. The van der Waals surface area contributed by atoms with Gasteiger partial charge in [-0.1, -0.05) is 17.7 Å². The van der Waals surface area contributed by atoms with Crippen molar-refractivity contribution in [3.8, 4) is 11.5 Å². The second-order valence-electron chi connectivity index (χ2n) is 12.0. The molecule has 2 aromatic carbocycles. The molecule has 0 spiro atoms. The average Bonchev–Trinajstić information content (AvgIpc) is 3.49. The number of carboxylic acids is 1. The molecule has 0 amide bonds. The number of anilines is 1. The Bertz CT molecular complexity index is 1780. The van der Waals surface area contributed by atoms with E-state index in [9.17, 15) is 9.90 Å². The molecule has 2 saturated heterocycles. The molecular weight excluding hydrogens is 589 g/mol. The lowest BCUT2D eigenvalue weighted by Crippen LogP contribution is -2.64. The van der Waals surface area contributed by atoms with Crippen molar-refractivity contribution in [2.24, 2.45) is 0 Å². The van der Waals surface area contributed by atoms with E-state index >= 15 is 4.39 Å². The fourth-order valence-corrected chi connectivity index (χ4v) is 7.01. The van der Waals surface area contributed by atoms with Crippen molar-refractivity contribution in [2.75, 3.05) is 24.6 Å². The molecule has 228 valence electrons. The Morgan fingerprint density at radius 1 is 1.14 bits per heavy atom. The highest BCUT2D eigenvalue weighted by Gasteiger charge is 2.47. The van der Waals surface area contributed by atoms with Crippen LogP contribution in [0.25, 0.3) is 11.0 Å². The number of pyridine rings is 1. The highest BCUT2D eigenvalue weighted by atomic mass is 35.5. The van der Waals surface area contributed by atoms with Gasteiger partial charge in [0.2, 0.25) is 0 Å². The molecule has 44 heavy (non-hydrogen) atoms. The number of imidazole rings is 1. The van der Waals surface area contributed by atoms with Gasteiger partial charge in [-0.05, 0) is 55.7 Å². The van der Waals surface area contributed by atoms with E-state index in [4.69, 9.17) is 30.8 Å². The largest absolute Gasteiger partial charge is 0.478 e. The second-order valence-corrected chi connectivity index (χ2v) is 12.5. The van der Waals surface area contributed by atoms with E-state index in [0.717, 1.165) is 49.9 Å². The molecule has 10 nitrogen and oxygen atoms in total. The van der Waals surface area contributed by atoms with E-state index in [0.29, 0.717) is 47.4 Å². The number of hydrogen-bond acceptors (Lipinski definition) is 8. The maximum Gasteiger partial charge on any atom is 0.335 e. The number of carbonyl (C=O) groups is 1. The van der Waals surface area contributed by atoms with Crippen molar-refractivity contribution in [2.45, 2.75) is 63.3 Å². The number of benzene rings is 2. The number of rotatable bonds is 7. The summed E-state index contributed by atoms with van der Waals surface area (Å²) in [5.41, 5.74) is 2.23. The zero-order valence-electron chi connectivity index (χ0n) is 24.1. The molecule has 2 aromatic heterocycles. The maximum absolute atomic E-state index is 15.1. The number of para-hydroxylation sites is 1. The number of halogens is 2. The Kier molecular flexibility index (Phi) is 6.48. The smallest absolute Gasteiger partial charge is 0.335 e. The minimum Gasteiger partial charge on any atom is -0.478 e. The molecule has 4 atom stereocenters. The van der Waals surface area contributed by atoms with Crippen molar-refractivity contribution in [1.82, 2.24) is 19.4 Å². The molecule has 3 fully saturated rings. The Morgan fingerprint density at radius 3 is 2.68 bits per heavy atom. The van der Waals surface area contributed by atoms with Gasteiger partial charge in [-0.3, -0.25) is 9.88 Å². The molecule has 12 heteroatoms. The minimum atomic E-state index is -1.17. The van der Waals surface area contributed by atoms with Gasteiger partial charge in [0.15, 0.2) is 17.3 Å². The van der Waals surface area contributed by atoms with Crippen LogP contribution >= 0.6 is 11.6 Å². The first kappa shape index (κ1) is 27.6. The van der Waals surface area contributed by atoms with Gasteiger partial charge in [0.05, 0.1) is 41.0 Å². The van der Waals surface area contributed by atoms with E-state index in [1.165, 1.54) is 6.07 Å². The Balaban J connectivity index is 1.06. The molecule has 4 aliphatic rings. The van der Waals surface area contributed by atoms with Gasteiger partial charge in [-0.15, -0.1) is 0 Å². The number of hydrogen-bond donors (Lipinski definition) is 1. The number of fused-ring (bicyclic) bond motifs is 3. The molecule has 1 aliphatic carbocycles. The zero-order chi connectivity index (χ0) is 30.2. The summed E-state index contributed by atoms with van der Waals surface area (Å²) in [5, 5.41) is 10.1. The zero-order valence-corrected chi connectivity index (χ0v) is 24.8. The van der Waals surface area contributed by atoms with Gasteiger partial charge in [0, 0.05) is 44.9 Å². The minimum absolute atomic E-state index is 0.00662. The molecule has 0 bridgehead atoms. The number of carboxylic acid groups (broad SMARTS) is 1. The summed E-state index contributed by atoms with van der Waals surface area (Å²) in [6.07, 6.45) is 4.56. The Hall–Kier alpha value is -3.93. The first-order valence-corrected chi connectivity index (χ1v) is 15.3. The number of ether oxygens (including phenoxy) is 3. The highest BCUT2D eigenvalue weighted by Crippen LogP contribution is 2.51. The summed E-state index contributed by atoms with van der Waals surface area (Å²) in [5.74, 6) is -0.753. The topological polar surface area (TPSA) is 102 Å². The standard InChI is InChI=1S/C32H31ClFN5O5/c1-32(27-8-5-19(33)15-35-27)43-26-4-2-3-24(30(26)44-32)38-11-10-37(22-6-7-23(22)38)17-28-36-29-21(34)13-18(31(40)41)14-25(29)39(28)16-20-9-12-42-20/h2-5,8,13-15,20,22-23H,6-7,9-12,16-17H2,1H3,(H,40,41). The first-order valence-electron chi connectivity index (χ1n) is 14.9. The van der Waals surface area contributed by atoms with Gasteiger partial charge in [-0.25, -0.2) is 14.2 Å². The van der Waals surface area contributed by atoms with Gasteiger partial charge in [0.1, 0.15) is 17.0 Å². The van der Waals surface area contributed by atoms with Crippen LogP contribution in [0.4, 0.5) is 10.1 Å². The van der Waals surface area contributed by atoms with Crippen LogP contribution in [0.1, 0.15) is 48.1 Å². The molecule has 1 N–H and O–H groups in total. The fourth-order valence-electron chi connectivity index (χ4n) is 6.90. The predicted octanol–water partition coefficient (Wildman–Crippen LogP) is 5.21. The van der Waals surface area contributed by atoms with Crippen molar-refractivity contribution in [3.05, 3.63) is 76.6 Å². The molecule has 0 radical (unpaired) electrons. The summed E-state index contributed by atoms with van der Waals surface area (Å²) in [7, 11) is 0. The highest BCUT2D eigenvalue weighted by molar-refractivity contribution is 6.30. The molecule has 4 aromatic rings. The van der Waals surface area contributed by atoms with Crippen molar-refractivity contribution in [3.63, 3.8) is 0 Å². The van der Waals surface area contributed by atoms with Gasteiger partial charge in [0.25, 0.3) is 5.79 Å². The van der Waals surface area contributed by atoms with Crippen LogP contribution in [0.2, 0.25) is 5.02 Å². The molecule has 8 rings (SSSR count). The van der Waals surface area contributed by atoms with E-state index in [1.807, 2.05) is 29.7 Å². The molecule has 5 heterocycles. The summed E-state index contributed by atoms with van der Waals surface area (Å²) < 4.78 is 35.5. The van der Waals surface area contributed by atoms with Crippen molar-refractivity contribution < 1.29 is 28.5 Å². The SMILES string of the molecule is CC1(c2ccc(Cl)cn2)Oc2cccc(N3CCN(Cc4nc5c(F)cc(C(=O)O)cc5n4CC4CCO4)C4CCC43)c2O1. The monoisotopic (exact) mass is 619 g/mol. The molecule has 4 unspecified atom stereocenters. The van der Waals surface area contributed by atoms with E-state index in [-0.39, 0.29) is 29.3 Å². The molecule has 1 saturated carbocycles. The fraction of sp³-hybridized carbons (Fsp3) is 0.406. The lowest BCUT2D eigenvalue weighted by Gasteiger charge is -2.54. The maximum atomic E-state index is 15.1. The van der Waals surface area contributed by atoms with Gasteiger partial charge >= 0.3 is 5.97 Å². The normalized spacial score (nSPS) is 25.9. The van der Waals surface area contributed by atoms with Crippen molar-refractivity contribution >= 4 is 34.3 Å². The number of aromatic nitrogens is 3. The van der Waals surface area contributed by atoms with Crippen LogP contribution in [0.15, 0.2) is 48.7 Å². The van der Waals surface area contributed by atoms with Crippen LogP contribution in [-0.4, -0.2) is 68.4 Å². The van der Waals surface area contributed by atoms with E-state index < -0.39 is 17.6 Å². The summed E-state index contributed by atoms with van der Waals surface area (Å²) in [4.78, 5) is 25.7. The Morgan fingerprint density at radius 2 is 1.98 bits per heavy atom. The van der Waals surface area contributed by atoms with E-state index in [2.05, 4.69) is 20.9 Å². The molecule has 3 aliphatic heterocycles. The van der Waals surface area contributed by atoms with Crippen LogP contribution in [0, 0.1) is 5.82 Å². The number of aromatic carboxylic acids is 1. The second kappa shape index (κ2) is 10.3. The van der Waals surface area contributed by atoms with Gasteiger partial charge in [-0.2, -0.15) is 0 Å². The lowest BCUT2D eigenvalue weighted by atomic mass is 9.81. The number of nitrogens with zero attached hydrogens (tertiary/aromatic N) is 5. The van der Waals surface area contributed by atoms with Crippen molar-refractivity contribution in [1.29, 1.82) is 0 Å². The summed E-state index contributed by atoms with van der Waals surface area (Å²) in [6, 6.07) is 12.7. The van der Waals surface area contributed by atoms with Gasteiger partial charge < -0.3 is 28.8 Å². The third kappa shape index (κ3) is 4.48. The number of piperazine rings is 1. The summed E-state index contributed by atoms with van der Waals surface area (Å²) in [6.45, 7) is 5.14.